The van der Waals surface area contributed by atoms with Crippen LogP contribution in [0.2, 0.25) is 0 Å². The number of hydrogen-bond donors (Lipinski definition) is 2. The van der Waals surface area contributed by atoms with Crippen LogP contribution in [0.5, 0.6) is 0 Å². The maximum absolute atomic E-state index is 4.36. The Morgan fingerprint density at radius 1 is 1.08 bits per heavy atom. The molecule has 2 N–H and O–H groups in total. The standard InChI is InChI=1S/C19H39N5.HI/c1-17(24-14-12-23(3)13-15-24)16-22-19(20-2)21-11-7-6-10-18-8-4-5-9-18;/h17-18H,4-16H2,1-3H3,(H2,20,21,22);1H. The molecule has 2 fully saturated rings. The molecular weight excluding hydrogens is 425 g/mol. The molecular formula is C19H40IN5. The van der Waals surface area contributed by atoms with Crippen molar-refractivity contribution in [2.75, 3.05) is 53.4 Å². The first-order valence-corrected chi connectivity index (χ1v) is 10.1. The molecule has 1 aliphatic heterocycles. The summed E-state index contributed by atoms with van der Waals surface area (Å²) in [4.78, 5) is 9.34. The molecule has 1 saturated carbocycles. The van der Waals surface area contributed by atoms with Crippen LogP contribution in [-0.4, -0.2) is 75.2 Å². The van der Waals surface area contributed by atoms with Crippen molar-refractivity contribution >= 4 is 29.9 Å². The first kappa shape index (κ1) is 23.0. The third kappa shape index (κ3) is 8.91. The van der Waals surface area contributed by atoms with Gasteiger partial charge in [0.1, 0.15) is 0 Å². The number of unbranched alkanes of at least 4 members (excludes halogenated alkanes) is 1. The van der Waals surface area contributed by atoms with E-state index in [2.05, 4.69) is 39.4 Å². The van der Waals surface area contributed by atoms with Crippen molar-refractivity contribution in [3.8, 4) is 0 Å². The Morgan fingerprint density at radius 2 is 1.76 bits per heavy atom. The Hall–Kier alpha value is -0.0800. The maximum Gasteiger partial charge on any atom is 0.191 e. The molecule has 0 spiro atoms. The van der Waals surface area contributed by atoms with Crippen LogP contribution in [0.3, 0.4) is 0 Å². The van der Waals surface area contributed by atoms with Crippen LogP contribution in [0.25, 0.3) is 0 Å². The summed E-state index contributed by atoms with van der Waals surface area (Å²) >= 11 is 0. The SMILES string of the molecule is CN=C(NCCCCC1CCCC1)NCC(C)N1CCN(C)CC1.I. The van der Waals surface area contributed by atoms with E-state index < -0.39 is 0 Å². The van der Waals surface area contributed by atoms with Gasteiger partial charge in [-0.2, -0.15) is 0 Å². The lowest BCUT2D eigenvalue weighted by atomic mass is 10.0. The van der Waals surface area contributed by atoms with E-state index in [0.29, 0.717) is 6.04 Å². The van der Waals surface area contributed by atoms with E-state index in [1.807, 2.05) is 7.05 Å². The van der Waals surface area contributed by atoms with Crippen molar-refractivity contribution in [1.29, 1.82) is 0 Å². The number of likely N-dealkylation sites (N-methyl/N-ethyl adjacent to an activating group) is 1. The highest BCUT2D eigenvalue weighted by atomic mass is 127. The zero-order valence-corrected chi connectivity index (χ0v) is 18.9. The second-order valence-electron chi connectivity index (χ2n) is 7.71. The van der Waals surface area contributed by atoms with Gasteiger partial charge in [-0.25, -0.2) is 0 Å². The summed E-state index contributed by atoms with van der Waals surface area (Å²) in [6, 6.07) is 0.555. The third-order valence-electron chi connectivity index (χ3n) is 5.76. The smallest absolute Gasteiger partial charge is 0.191 e. The molecule has 5 nitrogen and oxygen atoms in total. The monoisotopic (exact) mass is 465 g/mol. The van der Waals surface area contributed by atoms with E-state index in [9.17, 15) is 0 Å². The quantitative estimate of drug-likeness (QED) is 0.251. The zero-order chi connectivity index (χ0) is 17.2. The Morgan fingerprint density at radius 3 is 2.40 bits per heavy atom. The molecule has 0 amide bonds. The summed E-state index contributed by atoms with van der Waals surface area (Å²) in [6.07, 6.45) is 9.91. The van der Waals surface area contributed by atoms with E-state index in [1.165, 1.54) is 71.1 Å². The topological polar surface area (TPSA) is 42.9 Å². The number of rotatable bonds is 8. The highest BCUT2D eigenvalue weighted by Gasteiger charge is 2.19. The number of aliphatic imine (C=N–C) groups is 1. The van der Waals surface area contributed by atoms with Crippen molar-refractivity contribution in [2.24, 2.45) is 10.9 Å². The largest absolute Gasteiger partial charge is 0.356 e. The van der Waals surface area contributed by atoms with E-state index in [0.717, 1.165) is 25.0 Å². The summed E-state index contributed by atoms with van der Waals surface area (Å²) in [7, 11) is 4.08. The van der Waals surface area contributed by atoms with Crippen LogP contribution in [0.15, 0.2) is 4.99 Å². The maximum atomic E-state index is 4.36. The van der Waals surface area contributed by atoms with Gasteiger partial charge in [-0.1, -0.05) is 38.5 Å². The molecule has 1 atom stereocenters. The van der Waals surface area contributed by atoms with Gasteiger partial charge < -0.3 is 15.5 Å². The van der Waals surface area contributed by atoms with Crippen molar-refractivity contribution in [2.45, 2.75) is 57.9 Å². The fourth-order valence-electron chi connectivity index (χ4n) is 3.92. The van der Waals surface area contributed by atoms with Crippen molar-refractivity contribution in [3.63, 3.8) is 0 Å². The van der Waals surface area contributed by atoms with Crippen LogP contribution in [-0.2, 0) is 0 Å². The summed E-state index contributed by atoms with van der Waals surface area (Å²) < 4.78 is 0. The highest BCUT2D eigenvalue weighted by Crippen LogP contribution is 2.28. The van der Waals surface area contributed by atoms with Crippen LogP contribution in [0.4, 0.5) is 0 Å². The first-order valence-electron chi connectivity index (χ1n) is 10.1. The van der Waals surface area contributed by atoms with Crippen LogP contribution in [0, 0.1) is 5.92 Å². The van der Waals surface area contributed by atoms with Crippen molar-refractivity contribution in [1.82, 2.24) is 20.4 Å². The van der Waals surface area contributed by atoms with Crippen LogP contribution < -0.4 is 10.6 Å². The molecule has 6 heteroatoms. The molecule has 2 aliphatic rings. The second kappa shape index (κ2) is 13.1. The number of hydrogen-bond acceptors (Lipinski definition) is 3. The minimum absolute atomic E-state index is 0. The van der Waals surface area contributed by atoms with Gasteiger partial charge in [-0.15, -0.1) is 24.0 Å². The Labute approximate surface area is 172 Å². The lowest BCUT2D eigenvalue weighted by Crippen LogP contribution is -2.52. The third-order valence-corrected chi connectivity index (χ3v) is 5.76. The number of nitrogens with zero attached hydrogens (tertiary/aromatic N) is 3. The summed E-state index contributed by atoms with van der Waals surface area (Å²) in [5.41, 5.74) is 0. The summed E-state index contributed by atoms with van der Waals surface area (Å²) in [5.74, 6) is 1.98. The van der Waals surface area contributed by atoms with Crippen molar-refractivity contribution in [3.05, 3.63) is 0 Å². The van der Waals surface area contributed by atoms with Gasteiger partial charge in [-0.05, 0) is 26.3 Å². The Kier molecular flexibility index (Phi) is 12.1. The molecule has 2 rings (SSSR count). The minimum Gasteiger partial charge on any atom is -0.356 e. The van der Waals surface area contributed by atoms with Gasteiger partial charge in [0.2, 0.25) is 0 Å². The van der Waals surface area contributed by atoms with E-state index in [-0.39, 0.29) is 24.0 Å². The molecule has 1 saturated heterocycles. The molecule has 0 aromatic rings. The summed E-state index contributed by atoms with van der Waals surface area (Å²) in [5, 5.41) is 6.97. The number of nitrogens with one attached hydrogen (secondary N) is 2. The minimum atomic E-state index is 0. The second-order valence-corrected chi connectivity index (χ2v) is 7.71. The highest BCUT2D eigenvalue weighted by molar-refractivity contribution is 14.0. The molecule has 1 aliphatic carbocycles. The molecule has 1 unspecified atom stereocenters. The molecule has 0 aromatic carbocycles. The van der Waals surface area contributed by atoms with E-state index >= 15 is 0 Å². The zero-order valence-electron chi connectivity index (χ0n) is 16.6. The number of piperazine rings is 1. The van der Waals surface area contributed by atoms with Gasteiger partial charge in [-0.3, -0.25) is 9.89 Å². The fraction of sp³-hybridized carbons (Fsp3) is 0.947. The average Bonchev–Trinajstić information content (AvgIpc) is 3.11. The van der Waals surface area contributed by atoms with Crippen molar-refractivity contribution < 1.29 is 0 Å². The molecule has 0 bridgehead atoms. The Balaban J connectivity index is 0.00000312. The molecule has 148 valence electrons. The van der Waals surface area contributed by atoms with Gasteiger partial charge in [0, 0.05) is 52.4 Å². The lowest BCUT2D eigenvalue weighted by Gasteiger charge is -2.36. The molecule has 0 aromatic heterocycles. The average molecular weight is 465 g/mol. The molecule has 25 heavy (non-hydrogen) atoms. The van der Waals surface area contributed by atoms with Crippen LogP contribution in [0.1, 0.15) is 51.9 Å². The van der Waals surface area contributed by atoms with Gasteiger partial charge in [0.15, 0.2) is 5.96 Å². The van der Waals surface area contributed by atoms with Gasteiger partial charge >= 0.3 is 0 Å². The van der Waals surface area contributed by atoms with Gasteiger partial charge in [0.05, 0.1) is 0 Å². The predicted octanol–water partition coefficient (Wildman–Crippen LogP) is 2.77. The summed E-state index contributed by atoms with van der Waals surface area (Å²) in [6.45, 7) is 9.02. The molecule has 0 radical (unpaired) electrons. The Bertz CT molecular complexity index is 363. The molecule has 1 heterocycles. The lowest BCUT2D eigenvalue weighted by molar-refractivity contribution is 0.120. The van der Waals surface area contributed by atoms with E-state index in [4.69, 9.17) is 0 Å². The predicted molar refractivity (Wildman–Crippen MR) is 119 cm³/mol. The fourth-order valence-corrected chi connectivity index (χ4v) is 3.92. The van der Waals surface area contributed by atoms with E-state index in [1.54, 1.807) is 0 Å². The number of guanidine groups is 1. The normalized spacial score (nSPS) is 21.8. The number of halogens is 1. The van der Waals surface area contributed by atoms with Gasteiger partial charge in [0.25, 0.3) is 0 Å². The van der Waals surface area contributed by atoms with Crippen LogP contribution >= 0.6 is 24.0 Å². The first-order chi connectivity index (χ1) is 11.7.